The van der Waals surface area contributed by atoms with Crippen molar-refractivity contribution in [3.8, 4) is 0 Å². The zero-order chi connectivity index (χ0) is 20.1. The molecule has 4 rings (SSSR count). The Morgan fingerprint density at radius 2 is 1.40 bits per heavy atom. The molecule has 0 saturated carbocycles. The Bertz CT molecular complexity index is 949. The van der Waals surface area contributed by atoms with Crippen molar-refractivity contribution < 1.29 is 9.13 Å². The Hall–Kier alpha value is -2.97. The van der Waals surface area contributed by atoms with Gasteiger partial charge in [-0.15, -0.1) is 12.4 Å². The molecule has 1 fully saturated rings. The molecule has 2 N–H and O–H groups in total. The van der Waals surface area contributed by atoms with Crippen LogP contribution in [0.1, 0.15) is 12.5 Å². The van der Waals surface area contributed by atoms with Gasteiger partial charge in [-0.3, -0.25) is 0 Å². The maximum absolute atomic E-state index is 13.2. The molecule has 0 bridgehead atoms. The molecule has 0 radical (unpaired) electrons. The molecule has 0 aliphatic carbocycles. The van der Waals surface area contributed by atoms with Gasteiger partial charge in [-0.2, -0.15) is 15.0 Å². The molecular formula is C21H24ClFN6O. The van der Waals surface area contributed by atoms with Crippen LogP contribution in [0.5, 0.6) is 0 Å². The molecule has 30 heavy (non-hydrogen) atoms. The zero-order valence-electron chi connectivity index (χ0n) is 16.6. The first-order valence-corrected chi connectivity index (χ1v) is 9.67. The minimum atomic E-state index is -0.293. The lowest BCUT2D eigenvalue weighted by Crippen LogP contribution is -2.37. The number of nitrogens with one attached hydrogen (secondary N) is 2. The van der Waals surface area contributed by atoms with E-state index in [2.05, 4.69) is 49.5 Å². The van der Waals surface area contributed by atoms with Gasteiger partial charge in [0, 0.05) is 24.5 Å². The van der Waals surface area contributed by atoms with Gasteiger partial charge in [0.1, 0.15) is 5.82 Å². The molecule has 2 heterocycles. The third-order valence-electron chi connectivity index (χ3n) is 4.64. The standard InChI is InChI=1S/C21H23FN6O.ClH/c1-2-15-3-7-17(8-4-15)23-19-25-20(24-18-9-5-16(22)6-10-18)27-21(26-19)28-11-13-29-14-12-28;/h3-10H,2,11-14H2,1H3,(H2,23,24,25,26,27);1H. The van der Waals surface area contributed by atoms with Gasteiger partial charge >= 0.3 is 0 Å². The number of anilines is 5. The third-order valence-corrected chi connectivity index (χ3v) is 4.64. The Morgan fingerprint density at radius 3 is 1.93 bits per heavy atom. The van der Waals surface area contributed by atoms with Crippen molar-refractivity contribution in [1.29, 1.82) is 0 Å². The van der Waals surface area contributed by atoms with E-state index in [0.29, 0.717) is 49.8 Å². The summed E-state index contributed by atoms with van der Waals surface area (Å²) in [4.78, 5) is 15.7. The van der Waals surface area contributed by atoms with Crippen LogP contribution in [0.15, 0.2) is 48.5 Å². The van der Waals surface area contributed by atoms with E-state index in [0.717, 1.165) is 12.1 Å². The number of nitrogens with zero attached hydrogens (tertiary/aromatic N) is 4. The summed E-state index contributed by atoms with van der Waals surface area (Å²) in [6.07, 6.45) is 0.985. The van der Waals surface area contributed by atoms with Gasteiger partial charge in [0.05, 0.1) is 13.2 Å². The number of hydrogen-bond donors (Lipinski definition) is 2. The van der Waals surface area contributed by atoms with Crippen LogP contribution in [0, 0.1) is 5.82 Å². The molecular weight excluding hydrogens is 407 g/mol. The van der Waals surface area contributed by atoms with Crippen LogP contribution in [0.4, 0.5) is 33.6 Å². The summed E-state index contributed by atoms with van der Waals surface area (Å²) in [6.45, 7) is 4.81. The average Bonchev–Trinajstić information content (AvgIpc) is 2.76. The maximum Gasteiger partial charge on any atom is 0.233 e. The van der Waals surface area contributed by atoms with Crippen molar-refractivity contribution >= 4 is 41.6 Å². The lowest BCUT2D eigenvalue weighted by molar-refractivity contribution is 0.122. The van der Waals surface area contributed by atoms with Crippen LogP contribution in [-0.4, -0.2) is 41.3 Å². The second-order valence-corrected chi connectivity index (χ2v) is 6.69. The fourth-order valence-corrected chi connectivity index (χ4v) is 3.00. The van der Waals surface area contributed by atoms with Gasteiger partial charge in [-0.1, -0.05) is 19.1 Å². The summed E-state index contributed by atoms with van der Waals surface area (Å²) < 4.78 is 18.6. The van der Waals surface area contributed by atoms with Crippen LogP contribution < -0.4 is 15.5 Å². The molecule has 7 nitrogen and oxygen atoms in total. The number of hydrogen-bond acceptors (Lipinski definition) is 7. The number of morpholine rings is 1. The van der Waals surface area contributed by atoms with E-state index >= 15 is 0 Å². The molecule has 9 heteroatoms. The summed E-state index contributed by atoms with van der Waals surface area (Å²) in [6, 6.07) is 14.2. The summed E-state index contributed by atoms with van der Waals surface area (Å²) in [5.74, 6) is 1.11. The summed E-state index contributed by atoms with van der Waals surface area (Å²) in [5.41, 5.74) is 2.86. The molecule has 3 aromatic rings. The van der Waals surface area contributed by atoms with Gasteiger partial charge in [0.25, 0.3) is 0 Å². The first kappa shape index (κ1) is 21.7. The van der Waals surface area contributed by atoms with Crippen molar-refractivity contribution in [2.24, 2.45) is 0 Å². The van der Waals surface area contributed by atoms with Crippen LogP contribution >= 0.6 is 12.4 Å². The zero-order valence-corrected chi connectivity index (χ0v) is 17.5. The van der Waals surface area contributed by atoms with Crippen LogP contribution in [-0.2, 0) is 11.2 Å². The lowest BCUT2D eigenvalue weighted by Gasteiger charge is -2.27. The quantitative estimate of drug-likeness (QED) is 0.603. The van der Waals surface area contributed by atoms with Gasteiger partial charge in [-0.25, -0.2) is 4.39 Å². The Morgan fingerprint density at radius 1 is 0.867 bits per heavy atom. The highest BCUT2D eigenvalue weighted by Crippen LogP contribution is 2.21. The SMILES string of the molecule is CCc1ccc(Nc2nc(Nc3ccc(F)cc3)nc(N3CCOCC3)n2)cc1.Cl. The third kappa shape index (κ3) is 5.55. The van der Waals surface area contributed by atoms with Crippen LogP contribution in [0.2, 0.25) is 0 Å². The number of benzene rings is 2. The average molecular weight is 431 g/mol. The predicted octanol–water partition coefficient (Wildman–Crippen LogP) is 4.32. The largest absolute Gasteiger partial charge is 0.378 e. The molecule has 1 aromatic heterocycles. The second-order valence-electron chi connectivity index (χ2n) is 6.69. The summed E-state index contributed by atoms with van der Waals surface area (Å²) in [5, 5.41) is 6.38. The molecule has 2 aromatic carbocycles. The first-order chi connectivity index (χ1) is 14.2. The number of aromatic nitrogens is 3. The normalized spacial score (nSPS) is 13.5. The minimum absolute atomic E-state index is 0. The molecule has 0 unspecified atom stereocenters. The maximum atomic E-state index is 13.2. The van der Waals surface area contributed by atoms with Crippen LogP contribution in [0.25, 0.3) is 0 Å². The molecule has 1 saturated heterocycles. The van der Waals surface area contributed by atoms with Crippen LogP contribution in [0.3, 0.4) is 0 Å². The van der Waals surface area contributed by atoms with Crippen molar-refractivity contribution in [3.63, 3.8) is 0 Å². The monoisotopic (exact) mass is 430 g/mol. The Kier molecular flexibility index (Phi) is 7.37. The van der Waals surface area contributed by atoms with Crippen molar-refractivity contribution in [1.82, 2.24) is 15.0 Å². The van der Waals surface area contributed by atoms with Gasteiger partial charge < -0.3 is 20.3 Å². The van der Waals surface area contributed by atoms with E-state index in [9.17, 15) is 4.39 Å². The highest BCUT2D eigenvalue weighted by molar-refractivity contribution is 5.85. The molecule has 1 aliphatic rings. The fourth-order valence-electron chi connectivity index (χ4n) is 3.00. The predicted molar refractivity (Wildman–Crippen MR) is 119 cm³/mol. The Balaban J connectivity index is 0.00000256. The highest BCUT2D eigenvalue weighted by Gasteiger charge is 2.17. The first-order valence-electron chi connectivity index (χ1n) is 9.67. The number of rotatable bonds is 6. The summed E-state index contributed by atoms with van der Waals surface area (Å²) in [7, 11) is 0. The topological polar surface area (TPSA) is 75.2 Å². The van der Waals surface area contributed by atoms with Crippen molar-refractivity contribution in [2.45, 2.75) is 13.3 Å². The van der Waals surface area contributed by atoms with Crippen molar-refractivity contribution in [2.75, 3.05) is 41.8 Å². The van der Waals surface area contributed by atoms with Gasteiger partial charge in [0.2, 0.25) is 17.8 Å². The Labute approximate surface area is 181 Å². The molecule has 0 atom stereocenters. The molecule has 158 valence electrons. The van der Waals surface area contributed by atoms with E-state index < -0.39 is 0 Å². The molecule has 1 aliphatic heterocycles. The number of halogens is 2. The molecule has 0 spiro atoms. The van der Waals surface area contributed by atoms with E-state index in [1.165, 1.54) is 17.7 Å². The van der Waals surface area contributed by atoms with Gasteiger partial charge in [-0.05, 0) is 48.4 Å². The second kappa shape index (κ2) is 10.2. The molecule has 0 amide bonds. The van der Waals surface area contributed by atoms with E-state index in [4.69, 9.17) is 4.74 Å². The number of ether oxygens (including phenoxy) is 1. The van der Waals surface area contributed by atoms with E-state index in [-0.39, 0.29) is 18.2 Å². The lowest BCUT2D eigenvalue weighted by atomic mass is 10.1. The van der Waals surface area contributed by atoms with Gasteiger partial charge in [0.15, 0.2) is 0 Å². The van der Waals surface area contributed by atoms with E-state index in [1.54, 1.807) is 12.1 Å². The fraction of sp³-hybridized carbons (Fsp3) is 0.286. The number of aryl methyl sites for hydroxylation is 1. The minimum Gasteiger partial charge on any atom is -0.378 e. The smallest absolute Gasteiger partial charge is 0.233 e. The highest BCUT2D eigenvalue weighted by atomic mass is 35.5. The summed E-state index contributed by atoms with van der Waals surface area (Å²) >= 11 is 0. The van der Waals surface area contributed by atoms with E-state index in [1.807, 2.05) is 12.1 Å². The van der Waals surface area contributed by atoms with Crippen molar-refractivity contribution in [3.05, 3.63) is 59.9 Å².